The van der Waals surface area contributed by atoms with Crippen molar-refractivity contribution in [1.29, 1.82) is 0 Å². The largest absolute Gasteiger partial charge is 0.494 e. The molecule has 0 spiro atoms. The molecule has 0 amide bonds. The van der Waals surface area contributed by atoms with Crippen molar-refractivity contribution in [2.45, 2.75) is 25.0 Å². The molecule has 1 heterocycles. The Morgan fingerprint density at radius 2 is 2.00 bits per heavy atom. The third-order valence-corrected chi connectivity index (χ3v) is 3.77. The topological polar surface area (TPSA) is 47.0 Å². The number of benzene rings is 1. The maximum atomic E-state index is 5.50. The molecule has 2 aromatic rings. The van der Waals surface area contributed by atoms with E-state index in [1.54, 1.807) is 24.2 Å². The van der Waals surface area contributed by atoms with E-state index in [9.17, 15) is 0 Å². The third-order valence-electron chi connectivity index (χ3n) is 2.81. The molecule has 4 nitrogen and oxygen atoms in total. The van der Waals surface area contributed by atoms with Gasteiger partial charge in [0.2, 0.25) is 0 Å². The van der Waals surface area contributed by atoms with Gasteiger partial charge in [0.15, 0.2) is 5.16 Å². The van der Waals surface area contributed by atoms with Crippen LogP contribution in [0.1, 0.15) is 18.9 Å². The SMILES string of the molecule is CCOc1cccc(CNCCCSc2ncccn2)c1.Cl. The van der Waals surface area contributed by atoms with Gasteiger partial charge in [-0.15, -0.1) is 12.4 Å². The van der Waals surface area contributed by atoms with Crippen LogP contribution in [0.15, 0.2) is 47.9 Å². The summed E-state index contributed by atoms with van der Waals surface area (Å²) in [6.45, 7) is 4.56. The second-order valence-electron chi connectivity index (χ2n) is 4.49. The first-order chi connectivity index (χ1) is 10.4. The molecular formula is C16H22ClN3OS. The molecule has 0 saturated carbocycles. The van der Waals surface area contributed by atoms with Crippen LogP contribution in [0.3, 0.4) is 0 Å². The highest BCUT2D eigenvalue weighted by molar-refractivity contribution is 7.99. The molecule has 0 saturated heterocycles. The molecule has 1 aromatic carbocycles. The number of hydrogen-bond donors (Lipinski definition) is 1. The van der Waals surface area contributed by atoms with Gasteiger partial charge in [-0.05, 0) is 43.7 Å². The fraction of sp³-hybridized carbons (Fsp3) is 0.375. The Balaban J connectivity index is 0.00000242. The van der Waals surface area contributed by atoms with E-state index in [0.717, 1.165) is 36.2 Å². The smallest absolute Gasteiger partial charge is 0.187 e. The fourth-order valence-electron chi connectivity index (χ4n) is 1.87. The Hall–Kier alpha value is -1.30. The lowest BCUT2D eigenvalue weighted by Gasteiger charge is -2.07. The molecule has 0 fully saturated rings. The Kier molecular flexibility index (Phi) is 9.62. The van der Waals surface area contributed by atoms with Gasteiger partial charge >= 0.3 is 0 Å². The van der Waals surface area contributed by atoms with Gasteiger partial charge in [-0.2, -0.15) is 0 Å². The highest BCUT2D eigenvalue weighted by Crippen LogP contribution is 2.13. The summed E-state index contributed by atoms with van der Waals surface area (Å²) >= 11 is 1.69. The minimum Gasteiger partial charge on any atom is -0.494 e. The molecule has 0 aliphatic heterocycles. The zero-order chi connectivity index (χ0) is 14.8. The average molecular weight is 340 g/mol. The predicted octanol–water partition coefficient (Wildman–Crippen LogP) is 3.57. The highest BCUT2D eigenvalue weighted by Gasteiger charge is 1.98. The van der Waals surface area contributed by atoms with Crippen molar-refractivity contribution in [3.05, 3.63) is 48.3 Å². The van der Waals surface area contributed by atoms with Gasteiger partial charge < -0.3 is 10.1 Å². The van der Waals surface area contributed by atoms with E-state index in [1.165, 1.54) is 5.56 Å². The number of aromatic nitrogens is 2. The van der Waals surface area contributed by atoms with Crippen molar-refractivity contribution in [2.24, 2.45) is 0 Å². The second kappa shape index (κ2) is 11.3. The van der Waals surface area contributed by atoms with Crippen LogP contribution in [-0.2, 0) is 6.54 Å². The summed E-state index contributed by atoms with van der Waals surface area (Å²) in [5.41, 5.74) is 1.25. The summed E-state index contributed by atoms with van der Waals surface area (Å²) in [5.74, 6) is 1.96. The van der Waals surface area contributed by atoms with Crippen molar-refractivity contribution in [2.75, 3.05) is 18.9 Å². The van der Waals surface area contributed by atoms with Crippen LogP contribution in [0.4, 0.5) is 0 Å². The van der Waals surface area contributed by atoms with E-state index in [1.807, 2.05) is 25.1 Å². The van der Waals surface area contributed by atoms with Gasteiger partial charge in [0.05, 0.1) is 6.61 Å². The zero-order valence-electron chi connectivity index (χ0n) is 12.7. The summed E-state index contributed by atoms with van der Waals surface area (Å²) in [7, 11) is 0. The number of nitrogens with zero attached hydrogens (tertiary/aromatic N) is 2. The lowest BCUT2D eigenvalue weighted by Crippen LogP contribution is -2.15. The number of rotatable bonds is 9. The number of hydrogen-bond acceptors (Lipinski definition) is 5. The van der Waals surface area contributed by atoms with Gasteiger partial charge in [-0.25, -0.2) is 9.97 Å². The van der Waals surface area contributed by atoms with Crippen LogP contribution in [0.2, 0.25) is 0 Å². The first-order valence-electron chi connectivity index (χ1n) is 7.21. The molecule has 120 valence electrons. The Bertz CT molecular complexity index is 528. The molecule has 0 unspecified atom stereocenters. The zero-order valence-corrected chi connectivity index (χ0v) is 14.3. The van der Waals surface area contributed by atoms with Gasteiger partial charge in [0.25, 0.3) is 0 Å². The average Bonchev–Trinajstić information content (AvgIpc) is 2.52. The van der Waals surface area contributed by atoms with Crippen molar-refractivity contribution in [1.82, 2.24) is 15.3 Å². The molecule has 0 aliphatic carbocycles. The van der Waals surface area contributed by atoms with Crippen molar-refractivity contribution in [3.8, 4) is 5.75 Å². The number of thioether (sulfide) groups is 1. The molecular weight excluding hydrogens is 318 g/mol. The van der Waals surface area contributed by atoms with E-state index < -0.39 is 0 Å². The van der Waals surface area contributed by atoms with Gasteiger partial charge in [-0.1, -0.05) is 23.9 Å². The van der Waals surface area contributed by atoms with Crippen LogP contribution in [-0.4, -0.2) is 28.9 Å². The Labute approximate surface area is 142 Å². The van der Waals surface area contributed by atoms with Crippen LogP contribution < -0.4 is 10.1 Å². The van der Waals surface area contributed by atoms with Gasteiger partial charge in [0.1, 0.15) is 5.75 Å². The van der Waals surface area contributed by atoms with Gasteiger partial charge in [-0.3, -0.25) is 0 Å². The third kappa shape index (κ3) is 7.11. The molecule has 1 N–H and O–H groups in total. The van der Waals surface area contributed by atoms with E-state index in [4.69, 9.17) is 4.74 Å². The molecule has 1 aromatic heterocycles. The van der Waals surface area contributed by atoms with Crippen molar-refractivity contribution in [3.63, 3.8) is 0 Å². The monoisotopic (exact) mass is 339 g/mol. The van der Waals surface area contributed by atoms with E-state index in [-0.39, 0.29) is 12.4 Å². The van der Waals surface area contributed by atoms with Crippen LogP contribution in [0.5, 0.6) is 5.75 Å². The summed E-state index contributed by atoms with van der Waals surface area (Å²) in [6.07, 6.45) is 4.64. The minimum atomic E-state index is 0. The first kappa shape index (κ1) is 18.7. The summed E-state index contributed by atoms with van der Waals surface area (Å²) in [4.78, 5) is 8.38. The fourth-order valence-corrected chi connectivity index (χ4v) is 2.61. The standard InChI is InChI=1S/C16H21N3OS.ClH/c1-2-20-15-7-3-6-14(12-15)13-17-8-5-11-21-16-18-9-4-10-19-16;/h3-4,6-7,9-10,12,17H,2,5,8,11,13H2,1H3;1H. The number of nitrogens with one attached hydrogen (secondary N) is 1. The minimum absolute atomic E-state index is 0. The quantitative estimate of drug-likeness (QED) is 0.430. The number of ether oxygens (including phenoxy) is 1. The van der Waals surface area contributed by atoms with Crippen molar-refractivity contribution < 1.29 is 4.74 Å². The van der Waals surface area contributed by atoms with E-state index in [2.05, 4.69) is 27.4 Å². The van der Waals surface area contributed by atoms with Crippen LogP contribution >= 0.6 is 24.2 Å². The molecule has 0 aliphatic rings. The Morgan fingerprint density at radius 1 is 1.18 bits per heavy atom. The summed E-state index contributed by atoms with van der Waals surface area (Å²) < 4.78 is 5.50. The second-order valence-corrected chi connectivity index (χ2v) is 5.55. The molecule has 0 bridgehead atoms. The summed E-state index contributed by atoms with van der Waals surface area (Å²) in [5, 5.41) is 4.30. The molecule has 0 radical (unpaired) electrons. The maximum Gasteiger partial charge on any atom is 0.187 e. The normalized spacial score (nSPS) is 10.0. The lowest BCUT2D eigenvalue weighted by atomic mass is 10.2. The van der Waals surface area contributed by atoms with Crippen molar-refractivity contribution >= 4 is 24.2 Å². The Morgan fingerprint density at radius 3 is 2.77 bits per heavy atom. The molecule has 2 rings (SSSR count). The summed E-state index contributed by atoms with van der Waals surface area (Å²) in [6, 6.07) is 10.1. The maximum absolute atomic E-state index is 5.50. The lowest BCUT2D eigenvalue weighted by molar-refractivity contribution is 0.340. The highest BCUT2D eigenvalue weighted by atomic mass is 35.5. The predicted molar refractivity (Wildman–Crippen MR) is 93.9 cm³/mol. The van der Waals surface area contributed by atoms with E-state index in [0.29, 0.717) is 6.61 Å². The molecule has 6 heteroatoms. The molecule has 22 heavy (non-hydrogen) atoms. The molecule has 0 atom stereocenters. The van der Waals surface area contributed by atoms with Crippen LogP contribution in [0.25, 0.3) is 0 Å². The first-order valence-corrected chi connectivity index (χ1v) is 8.19. The van der Waals surface area contributed by atoms with E-state index >= 15 is 0 Å². The van der Waals surface area contributed by atoms with Gasteiger partial charge in [0, 0.05) is 24.7 Å². The number of halogens is 1. The van der Waals surface area contributed by atoms with Crippen LogP contribution in [0, 0.1) is 0 Å².